The zero-order valence-corrected chi connectivity index (χ0v) is 12.0. The molecular formula is C16H17N4O-. The SMILES string of the molecule is Cc1ccc(N(C)C(=O)C(NN=[N-])c2ccccc2)cc1. The van der Waals surface area contributed by atoms with E-state index in [-0.39, 0.29) is 5.91 Å². The highest BCUT2D eigenvalue weighted by atomic mass is 16.2. The minimum absolute atomic E-state index is 0.206. The Bertz CT molecular complexity index is 610. The number of nitrogens with one attached hydrogen (secondary N) is 1. The van der Waals surface area contributed by atoms with Crippen molar-refractivity contribution in [1.29, 1.82) is 0 Å². The quantitative estimate of drug-likeness (QED) is 0.675. The number of nitrogens with zero attached hydrogens (tertiary/aromatic N) is 3. The lowest BCUT2D eigenvalue weighted by Crippen LogP contribution is -2.37. The zero-order valence-electron chi connectivity index (χ0n) is 12.0. The summed E-state index contributed by atoms with van der Waals surface area (Å²) in [7, 11) is 1.70. The fourth-order valence-electron chi connectivity index (χ4n) is 2.06. The number of carbonyl (C=O) groups excluding carboxylic acids is 1. The Morgan fingerprint density at radius 2 is 1.76 bits per heavy atom. The van der Waals surface area contributed by atoms with Gasteiger partial charge in [0, 0.05) is 12.7 Å². The fraction of sp³-hybridized carbons (Fsp3) is 0.188. The summed E-state index contributed by atoms with van der Waals surface area (Å²) in [6.45, 7) is 1.99. The lowest BCUT2D eigenvalue weighted by atomic mass is 10.1. The molecule has 0 radical (unpaired) electrons. The first-order valence-electron chi connectivity index (χ1n) is 6.62. The van der Waals surface area contributed by atoms with Crippen molar-refractivity contribution in [3.63, 3.8) is 0 Å². The number of benzene rings is 2. The summed E-state index contributed by atoms with van der Waals surface area (Å²) in [6.07, 6.45) is 0. The van der Waals surface area contributed by atoms with Crippen LogP contribution in [0.3, 0.4) is 0 Å². The van der Waals surface area contributed by atoms with E-state index in [4.69, 9.17) is 5.53 Å². The van der Waals surface area contributed by atoms with Crippen molar-refractivity contribution in [2.75, 3.05) is 11.9 Å². The largest absolute Gasteiger partial charge is 0.397 e. The topological polar surface area (TPSA) is 67.0 Å². The average molecular weight is 281 g/mol. The van der Waals surface area contributed by atoms with Crippen molar-refractivity contribution in [2.45, 2.75) is 13.0 Å². The molecule has 1 N–H and O–H groups in total. The number of anilines is 1. The zero-order chi connectivity index (χ0) is 15.2. The Hall–Kier alpha value is -2.69. The molecule has 0 saturated carbocycles. The van der Waals surface area contributed by atoms with Gasteiger partial charge in [0.2, 0.25) is 5.91 Å². The minimum atomic E-state index is -0.734. The van der Waals surface area contributed by atoms with Crippen molar-refractivity contribution in [1.82, 2.24) is 5.43 Å². The van der Waals surface area contributed by atoms with E-state index in [0.717, 1.165) is 16.8 Å². The van der Waals surface area contributed by atoms with Gasteiger partial charge in [-0.15, -0.1) is 0 Å². The van der Waals surface area contributed by atoms with E-state index in [1.54, 1.807) is 7.05 Å². The van der Waals surface area contributed by atoms with Crippen LogP contribution < -0.4 is 10.3 Å². The summed E-state index contributed by atoms with van der Waals surface area (Å²) in [5.74, 6) is -0.206. The molecule has 0 fully saturated rings. The van der Waals surface area contributed by atoms with Gasteiger partial charge in [0.1, 0.15) is 0 Å². The van der Waals surface area contributed by atoms with Crippen LogP contribution in [-0.4, -0.2) is 13.0 Å². The highest BCUT2D eigenvalue weighted by Crippen LogP contribution is 2.20. The molecule has 108 valence electrons. The molecule has 1 atom stereocenters. The maximum atomic E-state index is 12.6. The molecule has 21 heavy (non-hydrogen) atoms. The van der Waals surface area contributed by atoms with Crippen LogP contribution in [0.2, 0.25) is 0 Å². The van der Waals surface area contributed by atoms with Crippen LogP contribution in [0, 0.1) is 6.92 Å². The van der Waals surface area contributed by atoms with E-state index in [9.17, 15) is 4.79 Å². The van der Waals surface area contributed by atoms with E-state index in [2.05, 4.69) is 10.6 Å². The van der Waals surface area contributed by atoms with Gasteiger partial charge in [-0.1, -0.05) is 48.0 Å². The minimum Gasteiger partial charge on any atom is -0.397 e. The summed E-state index contributed by atoms with van der Waals surface area (Å²) in [5, 5.41) is 2.93. The molecule has 0 bridgehead atoms. The molecule has 0 aliphatic rings. The third-order valence-electron chi connectivity index (χ3n) is 3.32. The molecule has 0 spiro atoms. The van der Waals surface area contributed by atoms with Crippen molar-refractivity contribution in [2.24, 2.45) is 5.22 Å². The Morgan fingerprint density at radius 1 is 1.14 bits per heavy atom. The summed E-state index contributed by atoms with van der Waals surface area (Å²) in [6, 6.07) is 16.1. The number of hydrogen-bond acceptors (Lipinski definition) is 2. The monoisotopic (exact) mass is 281 g/mol. The molecule has 1 amide bonds. The number of amides is 1. The van der Waals surface area contributed by atoms with Crippen LogP contribution in [0.15, 0.2) is 59.8 Å². The molecule has 0 aromatic heterocycles. The number of aryl methyl sites for hydroxylation is 1. The van der Waals surface area contributed by atoms with Gasteiger partial charge in [-0.2, -0.15) is 0 Å². The molecule has 0 saturated heterocycles. The Morgan fingerprint density at radius 3 is 2.33 bits per heavy atom. The maximum Gasteiger partial charge on any atom is 0.234 e. The highest BCUT2D eigenvalue weighted by Gasteiger charge is 2.20. The summed E-state index contributed by atoms with van der Waals surface area (Å²) < 4.78 is 0. The summed E-state index contributed by atoms with van der Waals surface area (Å²) in [5.41, 5.74) is 13.9. The van der Waals surface area contributed by atoms with Crippen LogP contribution in [0.25, 0.3) is 5.53 Å². The van der Waals surface area contributed by atoms with E-state index >= 15 is 0 Å². The first kappa shape index (κ1) is 14.7. The second-order valence-electron chi connectivity index (χ2n) is 4.81. The molecule has 0 aliphatic carbocycles. The number of likely N-dealkylation sites (N-methyl/N-ethyl adjacent to an activating group) is 1. The van der Waals surface area contributed by atoms with Gasteiger partial charge in [-0.25, -0.2) is 0 Å². The van der Waals surface area contributed by atoms with Gasteiger partial charge in [-0.3, -0.25) is 10.0 Å². The van der Waals surface area contributed by atoms with Gasteiger partial charge < -0.3 is 15.9 Å². The first-order valence-corrected chi connectivity index (χ1v) is 6.62. The lowest BCUT2D eigenvalue weighted by Gasteiger charge is -2.27. The molecule has 1 unspecified atom stereocenters. The summed E-state index contributed by atoms with van der Waals surface area (Å²) >= 11 is 0. The second kappa shape index (κ2) is 6.65. The molecule has 2 aromatic carbocycles. The highest BCUT2D eigenvalue weighted by molar-refractivity contribution is 5.97. The van der Waals surface area contributed by atoms with Crippen LogP contribution >= 0.6 is 0 Å². The smallest absolute Gasteiger partial charge is 0.234 e. The molecule has 5 nitrogen and oxygen atoms in total. The van der Waals surface area contributed by atoms with Crippen molar-refractivity contribution < 1.29 is 4.79 Å². The van der Waals surface area contributed by atoms with E-state index < -0.39 is 6.04 Å². The fourth-order valence-corrected chi connectivity index (χ4v) is 2.06. The van der Waals surface area contributed by atoms with Gasteiger partial charge >= 0.3 is 0 Å². The van der Waals surface area contributed by atoms with E-state index in [0.29, 0.717) is 0 Å². The van der Waals surface area contributed by atoms with Crippen LogP contribution in [-0.2, 0) is 4.79 Å². The Labute approximate surface area is 124 Å². The van der Waals surface area contributed by atoms with Gasteiger partial charge in [-0.05, 0) is 24.6 Å². The molecule has 5 heteroatoms. The van der Waals surface area contributed by atoms with Crippen molar-refractivity contribution in [3.05, 3.63) is 71.3 Å². The van der Waals surface area contributed by atoms with Crippen molar-refractivity contribution >= 4 is 11.6 Å². The molecule has 0 aliphatic heterocycles. The molecule has 2 rings (SSSR count). The Balaban J connectivity index is 2.26. The molecule has 0 heterocycles. The number of hydrogen-bond donors (Lipinski definition) is 1. The van der Waals surface area contributed by atoms with Gasteiger partial charge in [0.05, 0.1) is 6.04 Å². The van der Waals surface area contributed by atoms with E-state index in [1.165, 1.54) is 4.90 Å². The lowest BCUT2D eigenvalue weighted by molar-refractivity contribution is -0.120. The maximum absolute atomic E-state index is 12.6. The van der Waals surface area contributed by atoms with Gasteiger partial charge in [0.25, 0.3) is 0 Å². The third-order valence-corrected chi connectivity index (χ3v) is 3.32. The van der Waals surface area contributed by atoms with E-state index in [1.807, 2.05) is 61.5 Å². The average Bonchev–Trinajstić information content (AvgIpc) is 2.53. The number of rotatable bonds is 5. The predicted molar refractivity (Wildman–Crippen MR) is 82.7 cm³/mol. The summed E-state index contributed by atoms with van der Waals surface area (Å²) in [4.78, 5) is 14.1. The number of carbonyl (C=O) groups is 1. The first-order chi connectivity index (χ1) is 10.1. The normalized spacial score (nSPS) is 11.5. The van der Waals surface area contributed by atoms with Crippen LogP contribution in [0.5, 0.6) is 0 Å². The molecular weight excluding hydrogens is 264 g/mol. The van der Waals surface area contributed by atoms with Gasteiger partial charge in [0.15, 0.2) is 0 Å². The van der Waals surface area contributed by atoms with Crippen LogP contribution in [0.4, 0.5) is 5.69 Å². The van der Waals surface area contributed by atoms with Crippen LogP contribution in [0.1, 0.15) is 17.2 Å². The second-order valence-corrected chi connectivity index (χ2v) is 4.81. The predicted octanol–water partition coefficient (Wildman–Crippen LogP) is 3.23. The standard InChI is InChI=1S/C16H17N4O/c1-12-8-10-14(11-9-12)20(2)16(21)15(18-19-17)13-6-4-3-5-7-13/h3-11,15H,1-2H3,(H-,17,18)/q-1. The van der Waals surface area contributed by atoms with Crippen molar-refractivity contribution in [3.8, 4) is 0 Å². The third kappa shape index (κ3) is 3.45. The Kier molecular flexibility index (Phi) is 4.66. The molecule has 2 aromatic rings.